The summed E-state index contributed by atoms with van der Waals surface area (Å²) in [4.78, 5) is 19.1. The van der Waals surface area contributed by atoms with Crippen LogP contribution in [0.25, 0.3) is 10.9 Å². The number of ether oxygens (including phenoxy) is 1. The number of rotatable bonds is 3. The lowest BCUT2D eigenvalue weighted by Gasteiger charge is -2.38. The van der Waals surface area contributed by atoms with Gasteiger partial charge in [0.05, 0.1) is 29.8 Å². The Hall–Kier alpha value is -2.76. The maximum absolute atomic E-state index is 13.8. The summed E-state index contributed by atoms with van der Waals surface area (Å²) < 4.78 is 19.7. The number of aromatic nitrogens is 1. The van der Waals surface area contributed by atoms with Crippen molar-refractivity contribution in [1.82, 2.24) is 15.6 Å². The topological polar surface area (TPSA) is 90.3 Å². The first-order chi connectivity index (χ1) is 13.6. The molecule has 0 radical (unpaired) electrons. The summed E-state index contributed by atoms with van der Waals surface area (Å²) in [5.41, 5.74) is 2.05. The molecule has 8 heteroatoms. The molecule has 4 rings (SSSR count). The first-order valence-electron chi connectivity index (χ1n) is 9.40. The van der Waals surface area contributed by atoms with Gasteiger partial charge in [0.2, 0.25) is 0 Å². The minimum Gasteiger partial charge on any atom is -0.365 e. The molecule has 7 nitrogen and oxygen atoms in total. The van der Waals surface area contributed by atoms with Gasteiger partial charge in [-0.1, -0.05) is 0 Å². The molecular formula is C20H22FN5O2. The first-order valence-corrected chi connectivity index (χ1v) is 9.40. The molecule has 1 amide bonds. The number of nitrogens with one attached hydrogen (secondary N) is 2. The summed E-state index contributed by atoms with van der Waals surface area (Å²) in [5.74, 6) is -0.302. The van der Waals surface area contributed by atoms with Crippen LogP contribution in [0.15, 0.2) is 30.5 Å². The lowest BCUT2D eigenvalue weighted by Crippen LogP contribution is -2.55. The van der Waals surface area contributed by atoms with Gasteiger partial charge in [-0.15, -0.1) is 0 Å². The molecule has 2 aromatic rings. The molecule has 0 spiro atoms. The van der Waals surface area contributed by atoms with Crippen LogP contribution in [0, 0.1) is 11.3 Å². The predicted molar refractivity (Wildman–Crippen MR) is 103 cm³/mol. The number of carbonyl (C=O) groups excluding carboxylic acids is 1. The number of carbonyl (C=O) groups is 1. The first kappa shape index (κ1) is 18.6. The fourth-order valence-electron chi connectivity index (χ4n) is 3.88. The third-order valence-electron chi connectivity index (χ3n) is 5.23. The van der Waals surface area contributed by atoms with Crippen LogP contribution in [-0.2, 0) is 9.53 Å². The number of pyridine rings is 1. The highest BCUT2D eigenvalue weighted by molar-refractivity contribution is 5.95. The third-order valence-corrected chi connectivity index (χ3v) is 5.23. The zero-order valence-corrected chi connectivity index (χ0v) is 15.6. The smallest absolute Gasteiger partial charge is 0.251 e. The minimum absolute atomic E-state index is 0.172. The van der Waals surface area contributed by atoms with Crippen LogP contribution in [0.1, 0.15) is 12.5 Å². The van der Waals surface area contributed by atoms with E-state index in [1.165, 1.54) is 0 Å². The Kier molecular flexibility index (Phi) is 5.11. The van der Waals surface area contributed by atoms with E-state index >= 15 is 0 Å². The van der Waals surface area contributed by atoms with E-state index in [0.717, 1.165) is 11.1 Å². The highest BCUT2D eigenvalue weighted by atomic mass is 19.1. The zero-order chi connectivity index (χ0) is 19.7. The summed E-state index contributed by atoms with van der Waals surface area (Å²) in [6, 6.07) is 9.02. The molecule has 2 aliphatic heterocycles. The minimum atomic E-state index is -1.09. The number of anilines is 1. The molecule has 2 aliphatic rings. The predicted octanol–water partition coefficient (Wildman–Crippen LogP) is 1.13. The van der Waals surface area contributed by atoms with Gasteiger partial charge in [-0.25, -0.2) is 4.39 Å². The van der Waals surface area contributed by atoms with Crippen LogP contribution in [0.2, 0.25) is 0 Å². The van der Waals surface area contributed by atoms with E-state index in [4.69, 9.17) is 4.74 Å². The van der Waals surface area contributed by atoms with Gasteiger partial charge in [-0.3, -0.25) is 9.78 Å². The van der Waals surface area contributed by atoms with E-state index in [0.29, 0.717) is 30.7 Å². The summed E-state index contributed by atoms with van der Waals surface area (Å²) in [6.07, 6.45) is -0.294. The van der Waals surface area contributed by atoms with Crippen LogP contribution in [0.5, 0.6) is 0 Å². The van der Waals surface area contributed by atoms with Gasteiger partial charge in [0.15, 0.2) is 6.10 Å². The number of hydrogen-bond acceptors (Lipinski definition) is 6. The summed E-state index contributed by atoms with van der Waals surface area (Å²) in [5, 5.41) is 15.9. The molecule has 28 heavy (non-hydrogen) atoms. The van der Waals surface area contributed by atoms with E-state index in [1.54, 1.807) is 12.3 Å². The fraction of sp³-hybridized carbons (Fsp3) is 0.450. The number of amides is 1. The van der Waals surface area contributed by atoms with Crippen molar-refractivity contribution in [2.24, 2.45) is 0 Å². The molecule has 1 aromatic carbocycles. The summed E-state index contributed by atoms with van der Waals surface area (Å²) in [6.45, 7) is 3.54. The average molecular weight is 383 g/mol. The van der Waals surface area contributed by atoms with Crippen molar-refractivity contribution in [3.8, 4) is 6.07 Å². The Balaban J connectivity index is 1.58. The maximum Gasteiger partial charge on any atom is 0.251 e. The number of morpholine rings is 1. The van der Waals surface area contributed by atoms with Gasteiger partial charge in [-0.2, -0.15) is 5.26 Å². The largest absolute Gasteiger partial charge is 0.365 e. The Morgan fingerprint density at radius 3 is 3.00 bits per heavy atom. The van der Waals surface area contributed by atoms with Crippen LogP contribution < -0.4 is 15.5 Å². The molecule has 3 heterocycles. The van der Waals surface area contributed by atoms with E-state index in [2.05, 4.69) is 26.6 Å². The van der Waals surface area contributed by atoms with Crippen molar-refractivity contribution < 1.29 is 13.9 Å². The van der Waals surface area contributed by atoms with Gasteiger partial charge in [-0.05, 0) is 31.2 Å². The number of nitrogens with zero attached hydrogens (tertiary/aromatic N) is 3. The third kappa shape index (κ3) is 3.51. The monoisotopic (exact) mass is 383 g/mol. The molecule has 0 aliphatic carbocycles. The molecule has 2 fully saturated rings. The maximum atomic E-state index is 13.8. The second-order valence-electron chi connectivity index (χ2n) is 7.27. The molecule has 0 unspecified atom stereocenters. The van der Waals surface area contributed by atoms with Crippen LogP contribution in [-0.4, -0.2) is 61.5 Å². The highest BCUT2D eigenvalue weighted by Gasteiger charge is 2.35. The van der Waals surface area contributed by atoms with E-state index in [-0.39, 0.29) is 18.6 Å². The Labute approximate surface area is 162 Å². The summed E-state index contributed by atoms with van der Waals surface area (Å²) >= 11 is 0. The number of fused-ring (bicyclic) bond motifs is 1. The highest BCUT2D eigenvalue weighted by Crippen LogP contribution is 2.30. The molecular weight excluding hydrogens is 361 g/mol. The quantitative estimate of drug-likeness (QED) is 0.826. The normalized spacial score (nSPS) is 27.5. The van der Waals surface area contributed by atoms with Crippen LogP contribution in [0.3, 0.4) is 0 Å². The average Bonchev–Trinajstić information content (AvgIpc) is 3.11. The molecule has 146 valence electrons. The number of alkyl halides is 1. The molecule has 2 saturated heterocycles. The van der Waals surface area contributed by atoms with Gasteiger partial charge in [0.25, 0.3) is 5.91 Å². The standard InChI is InChI=1S/C20H22FN5O2/c1-12-10-26(11-18(28-12)20(27)25-16-9-23-8-15(16)21)17-5-4-13(7-22)19-14(17)3-2-6-24-19/h2-6,12,15-16,18,23H,8-11H2,1H3,(H,25,27)/t12-,15+,16-,18-/m1/s1. The molecule has 0 bridgehead atoms. The summed E-state index contributed by atoms with van der Waals surface area (Å²) in [7, 11) is 0. The van der Waals surface area contributed by atoms with Crippen molar-refractivity contribution in [1.29, 1.82) is 5.26 Å². The Morgan fingerprint density at radius 2 is 2.25 bits per heavy atom. The van der Waals surface area contributed by atoms with E-state index in [9.17, 15) is 14.4 Å². The van der Waals surface area contributed by atoms with Crippen LogP contribution >= 0.6 is 0 Å². The zero-order valence-electron chi connectivity index (χ0n) is 15.6. The van der Waals surface area contributed by atoms with Gasteiger partial charge < -0.3 is 20.3 Å². The molecule has 4 atom stereocenters. The number of halogens is 1. The fourth-order valence-corrected chi connectivity index (χ4v) is 3.88. The van der Waals surface area contributed by atoms with E-state index < -0.39 is 18.3 Å². The van der Waals surface area contributed by atoms with Gasteiger partial charge in [0, 0.05) is 36.9 Å². The molecule has 0 saturated carbocycles. The Bertz CT molecular complexity index is 930. The van der Waals surface area contributed by atoms with Crippen molar-refractivity contribution >= 4 is 22.5 Å². The number of hydrogen-bond donors (Lipinski definition) is 2. The Morgan fingerprint density at radius 1 is 1.39 bits per heavy atom. The van der Waals surface area contributed by atoms with Crippen molar-refractivity contribution in [3.63, 3.8) is 0 Å². The number of nitriles is 1. The van der Waals surface area contributed by atoms with Crippen LogP contribution in [0.4, 0.5) is 10.1 Å². The lowest BCUT2D eigenvalue weighted by molar-refractivity contribution is -0.138. The van der Waals surface area contributed by atoms with Gasteiger partial charge >= 0.3 is 0 Å². The molecule has 2 N–H and O–H groups in total. The lowest BCUT2D eigenvalue weighted by atomic mass is 10.1. The molecule has 1 aromatic heterocycles. The second kappa shape index (κ2) is 7.70. The number of benzene rings is 1. The van der Waals surface area contributed by atoms with Gasteiger partial charge in [0.1, 0.15) is 12.2 Å². The van der Waals surface area contributed by atoms with E-state index in [1.807, 2.05) is 25.1 Å². The van der Waals surface area contributed by atoms with Crippen molar-refractivity contribution in [2.75, 3.05) is 31.1 Å². The second-order valence-corrected chi connectivity index (χ2v) is 7.27. The van der Waals surface area contributed by atoms with Crippen molar-refractivity contribution in [3.05, 3.63) is 36.0 Å². The SMILES string of the molecule is C[C@@H]1CN(c2ccc(C#N)c3ncccc23)C[C@H](C(=O)N[C@@H]2CNC[C@@H]2F)O1. The van der Waals surface area contributed by atoms with Crippen molar-refractivity contribution in [2.45, 2.75) is 31.3 Å².